The smallest absolute Gasteiger partial charge is 0.341 e. The van der Waals surface area contributed by atoms with Crippen molar-refractivity contribution >= 4 is 11.9 Å². The van der Waals surface area contributed by atoms with E-state index in [-0.39, 0.29) is 0 Å². The van der Waals surface area contributed by atoms with E-state index in [1.807, 2.05) is 60.7 Å². The first kappa shape index (κ1) is 12.9. The van der Waals surface area contributed by atoms with Gasteiger partial charge >= 0.3 is 11.9 Å². The Kier molecular flexibility index (Phi) is 2.69. The van der Waals surface area contributed by atoms with Crippen LogP contribution in [0.2, 0.25) is 0 Å². The van der Waals surface area contributed by atoms with Crippen molar-refractivity contribution in [3.8, 4) is 0 Å². The summed E-state index contributed by atoms with van der Waals surface area (Å²) in [5, 5.41) is 8.46. The number of azo groups is 1. The van der Waals surface area contributed by atoms with E-state index in [0.717, 1.165) is 11.1 Å². The number of ether oxygens (including phenoxy) is 1. The number of esters is 2. The highest BCUT2D eigenvalue weighted by molar-refractivity contribution is 6.00. The van der Waals surface area contributed by atoms with E-state index in [9.17, 15) is 9.59 Å². The lowest BCUT2D eigenvalue weighted by atomic mass is 9.72. The summed E-state index contributed by atoms with van der Waals surface area (Å²) in [5.74, 6) is -1.93. The van der Waals surface area contributed by atoms with E-state index < -0.39 is 29.4 Å². The Morgan fingerprint density at radius 3 is 1.91 bits per heavy atom. The van der Waals surface area contributed by atoms with Crippen LogP contribution in [0.25, 0.3) is 0 Å². The average Bonchev–Trinajstić information content (AvgIpc) is 3.10. The second kappa shape index (κ2) is 4.59. The molecule has 2 aromatic carbocycles. The Morgan fingerprint density at radius 1 is 0.818 bits per heavy atom. The lowest BCUT2D eigenvalue weighted by Gasteiger charge is -2.29. The number of hydrogen-bond donors (Lipinski definition) is 0. The van der Waals surface area contributed by atoms with Crippen molar-refractivity contribution in [1.29, 1.82) is 0 Å². The number of carbonyl (C=O) groups excluding carboxylic acids is 2. The molecule has 0 unspecified atom stereocenters. The predicted octanol–water partition coefficient (Wildman–Crippen LogP) is 2.46. The van der Waals surface area contributed by atoms with Gasteiger partial charge in [0.25, 0.3) is 0 Å². The molecule has 0 bridgehead atoms. The highest BCUT2D eigenvalue weighted by Crippen LogP contribution is 2.50. The molecule has 2 heterocycles. The zero-order chi connectivity index (χ0) is 15.2. The molecule has 1 fully saturated rings. The minimum Gasteiger partial charge on any atom is -0.391 e. The molecule has 2 aliphatic rings. The SMILES string of the molecule is O=C1OC(=O)[C@@H]2N=NC(c3ccccc3)(c3ccccc3)[C@H]12. The first-order chi connectivity index (χ1) is 10.7. The van der Waals surface area contributed by atoms with Crippen LogP contribution in [0.3, 0.4) is 0 Å². The standard InChI is InChI=1S/C17H12N2O3/c20-15-13-14(16(21)22-15)18-19-17(13,11-7-3-1-4-8-11)12-9-5-2-6-10-12/h1-10,13-14H/t13-,14+/m0/s1. The zero-order valence-corrected chi connectivity index (χ0v) is 11.5. The summed E-state index contributed by atoms with van der Waals surface area (Å²) in [6.07, 6.45) is 0. The molecule has 5 nitrogen and oxygen atoms in total. The minimum absolute atomic E-state index is 0.562. The number of rotatable bonds is 2. The monoisotopic (exact) mass is 292 g/mol. The third kappa shape index (κ3) is 1.59. The van der Waals surface area contributed by atoms with Gasteiger partial charge < -0.3 is 4.74 Å². The van der Waals surface area contributed by atoms with Crippen molar-refractivity contribution in [2.75, 3.05) is 0 Å². The fraction of sp³-hybridized carbons (Fsp3) is 0.176. The molecule has 0 aliphatic carbocycles. The molecule has 2 aliphatic heterocycles. The van der Waals surface area contributed by atoms with Crippen LogP contribution < -0.4 is 0 Å². The summed E-state index contributed by atoms with van der Waals surface area (Å²) in [7, 11) is 0. The second-order valence-electron chi connectivity index (χ2n) is 5.38. The first-order valence-electron chi connectivity index (χ1n) is 7.02. The zero-order valence-electron chi connectivity index (χ0n) is 11.5. The topological polar surface area (TPSA) is 68.1 Å². The van der Waals surface area contributed by atoms with Crippen molar-refractivity contribution in [2.45, 2.75) is 11.6 Å². The van der Waals surface area contributed by atoms with Gasteiger partial charge in [-0.3, -0.25) is 4.79 Å². The van der Waals surface area contributed by atoms with Gasteiger partial charge in [0.15, 0.2) is 6.04 Å². The van der Waals surface area contributed by atoms with Crippen molar-refractivity contribution in [1.82, 2.24) is 0 Å². The van der Waals surface area contributed by atoms with E-state index in [2.05, 4.69) is 10.2 Å². The molecule has 0 N–H and O–H groups in total. The Hall–Kier alpha value is -2.82. The van der Waals surface area contributed by atoms with Crippen LogP contribution >= 0.6 is 0 Å². The number of carbonyl (C=O) groups is 2. The molecule has 22 heavy (non-hydrogen) atoms. The van der Waals surface area contributed by atoms with E-state index >= 15 is 0 Å². The molecule has 0 radical (unpaired) electrons. The number of benzene rings is 2. The van der Waals surface area contributed by atoms with Gasteiger partial charge in [-0.15, -0.1) is 0 Å². The fourth-order valence-corrected chi connectivity index (χ4v) is 3.24. The molecule has 5 heteroatoms. The molecule has 0 spiro atoms. The summed E-state index contributed by atoms with van der Waals surface area (Å²) < 4.78 is 4.79. The highest BCUT2D eigenvalue weighted by atomic mass is 16.6. The third-order valence-corrected chi connectivity index (χ3v) is 4.23. The summed E-state index contributed by atoms with van der Waals surface area (Å²) in [6.45, 7) is 0. The van der Waals surface area contributed by atoms with Gasteiger partial charge in [0, 0.05) is 0 Å². The summed E-state index contributed by atoms with van der Waals surface area (Å²) in [5.41, 5.74) is 0.643. The maximum atomic E-state index is 12.3. The molecule has 0 saturated carbocycles. The maximum absolute atomic E-state index is 12.3. The van der Waals surface area contributed by atoms with Crippen molar-refractivity contribution < 1.29 is 14.3 Å². The van der Waals surface area contributed by atoms with Gasteiger partial charge in [0.1, 0.15) is 11.5 Å². The van der Waals surface area contributed by atoms with Crippen LogP contribution in [0.1, 0.15) is 11.1 Å². The minimum atomic E-state index is -1.00. The van der Waals surface area contributed by atoms with Gasteiger partial charge in [-0.05, 0) is 11.1 Å². The Labute approximate surface area is 126 Å². The van der Waals surface area contributed by atoms with E-state index in [1.165, 1.54) is 0 Å². The van der Waals surface area contributed by atoms with Crippen LogP contribution in [0.15, 0.2) is 70.9 Å². The van der Waals surface area contributed by atoms with Crippen LogP contribution in [0, 0.1) is 5.92 Å². The lowest BCUT2D eigenvalue weighted by molar-refractivity contribution is -0.154. The number of fused-ring (bicyclic) bond motifs is 1. The summed E-state index contributed by atoms with van der Waals surface area (Å²) in [4.78, 5) is 24.1. The maximum Gasteiger partial charge on any atom is 0.341 e. The molecule has 2 atom stereocenters. The molecule has 108 valence electrons. The Bertz CT molecular complexity index is 732. The van der Waals surface area contributed by atoms with Gasteiger partial charge in [0.2, 0.25) is 0 Å². The first-order valence-corrected chi connectivity index (χ1v) is 7.02. The highest BCUT2D eigenvalue weighted by Gasteiger charge is 2.62. The molecule has 4 rings (SSSR count). The summed E-state index contributed by atoms with van der Waals surface area (Å²) in [6, 6.07) is 18.0. The number of hydrogen-bond acceptors (Lipinski definition) is 5. The molecule has 0 amide bonds. The van der Waals surface area contributed by atoms with Crippen LogP contribution in [0.5, 0.6) is 0 Å². The van der Waals surface area contributed by atoms with Crippen molar-refractivity contribution in [3.63, 3.8) is 0 Å². The van der Waals surface area contributed by atoms with Gasteiger partial charge in [0.05, 0.1) is 0 Å². The van der Waals surface area contributed by atoms with E-state index in [4.69, 9.17) is 4.74 Å². The van der Waals surface area contributed by atoms with E-state index in [0.29, 0.717) is 0 Å². The van der Waals surface area contributed by atoms with Gasteiger partial charge in [-0.2, -0.15) is 10.2 Å². The molecule has 2 aromatic rings. The molecular formula is C17H12N2O3. The fourth-order valence-electron chi connectivity index (χ4n) is 3.24. The number of cyclic esters (lactones) is 2. The Morgan fingerprint density at radius 2 is 1.36 bits per heavy atom. The van der Waals surface area contributed by atoms with Crippen molar-refractivity contribution in [3.05, 3.63) is 71.8 Å². The molecule has 0 aromatic heterocycles. The second-order valence-corrected chi connectivity index (χ2v) is 5.38. The lowest BCUT2D eigenvalue weighted by Crippen LogP contribution is -2.38. The van der Waals surface area contributed by atoms with Crippen molar-refractivity contribution in [2.24, 2.45) is 16.1 Å². The van der Waals surface area contributed by atoms with Crippen LogP contribution in [0.4, 0.5) is 0 Å². The van der Waals surface area contributed by atoms with E-state index in [1.54, 1.807) is 0 Å². The normalized spacial score (nSPS) is 25.1. The molecule has 1 saturated heterocycles. The van der Waals surface area contributed by atoms with Gasteiger partial charge in [-0.25, -0.2) is 4.79 Å². The number of nitrogens with zero attached hydrogens (tertiary/aromatic N) is 2. The third-order valence-electron chi connectivity index (χ3n) is 4.23. The summed E-state index contributed by atoms with van der Waals surface area (Å²) >= 11 is 0. The average molecular weight is 292 g/mol. The quantitative estimate of drug-likeness (QED) is 0.630. The van der Waals surface area contributed by atoms with Crippen LogP contribution in [-0.4, -0.2) is 18.0 Å². The largest absolute Gasteiger partial charge is 0.391 e. The predicted molar refractivity (Wildman–Crippen MR) is 76.9 cm³/mol. The van der Waals surface area contributed by atoms with Crippen LogP contribution in [-0.2, 0) is 19.9 Å². The van der Waals surface area contributed by atoms with Gasteiger partial charge in [-0.1, -0.05) is 60.7 Å². The Balaban J connectivity index is 1.98. The molecular weight excluding hydrogens is 280 g/mol.